The first-order chi connectivity index (χ1) is 16.2. The maximum absolute atomic E-state index is 13.6. The minimum atomic E-state index is -0.0315. The number of nitrogens with zero attached hydrogens (tertiary/aromatic N) is 4. The van der Waals surface area contributed by atoms with Crippen LogP contribution in [-0.2, 0) is 6.54 Å². The Morgan fingerprint density at radius 2 is 1.79 bits per heavy atom. The van der Waals surface area contributed by atoms with Crippen LogP contribution in [0, 0.1) is 6.92 Å². The van der Waals surface area contributed by atoms with Gasteiger partial charge in [-0.1, -0.05) is 59.9 Å². The number of carbonyl (C=O) groups is 1. The number of hydrogen-bond acceptors (Lipinski definition) is 4. The molecule has 0 bridgehead atoms. The fraction of sp³-hybridized carbons (Fsp3) is 0.148. The van der Waals surface area contributed by atoms with Gasteiger partial charge in [-0.25, -0.2) is 9.97 Å². The van der Waals surface area contributed by atoms with Crippen LogP contribution in [0.5, 0.6) is 0 Å². The molecular formula is C27H24N4OS. The number of hydrogen-bond donors (Lipinski definition) is 0. The molecule has 0 saturated heterocycles. The predicted molar refractivity (Wildman–Crippen MR) is 135 cm³/mol. The molecule has 2 aromatic heterocycles. The molecule has 0 N–H and O–H groups in total. The van der Waals surface area contributed by atoms with Crippen molar-refractivity contribution in [3.8, 4) is 11.1 Å². The van der Waals surface area contributed by atoms with E-state index in [-0.39, 0.29) is 5.91 Å². The first-order valence-corrected chi connectivity index (χ1v) is 11.8. The number of thiazole rings is 1. The third kappa shape index (κ3) is 4.71. The Morgan fingerprint density at radius 3 is 2.55 bits per heavy atom. The number of anilines is 1. The summed E-state index contributed by atoms with van der Waals surface area (Å²) in [6.45, 7) is 3.44. The monoisotopic (exact) mass is 452 g/mol. The number of benzene rings is 3. The van der Waals surface area contributed by atoms with Crippen LogP contribution in [0.25, 0.3) is 21.3 Å². The van der Waals surface area contributed by atoms with E-state index in [1.807, 2.05) is 64.2 Å². The van der Waals surface area contributed by atoms with Gasteiger partial charge in [-0.3, -0.25) is 9.69 Å². The Balaban J connectivity index is 1.42. The Hall–Kier alpha value is -3.77. The molecule has 164 valence electrons. The first kappa shape index (κ1) is 21.1. The van der Waals surface area contributed by atoms with E-state index in [0.717, 1.165) is 39.4 Å². The Labute approximate surface area is 197 Å². The third-order valence-corrected chi connectivity index (χ3v) is 6.65. The van der Waals surface area contributed by atoms with Gasteiger partial charge in [0, 0.05) is 31.0 Å². The van der Waals surface area contributed by atoms with Gasteiger partial charge in [0.2, 0.25) is 0 Å². The molecule has 0 fully saturated rings. The summed E-state index contributed by atoms with van der Waals surface area (Å²) in [5, 5.41) is 0.735. The third-order valence-electron chi connectivity index (χ3n) is 5.60. The van der Waals surface area contributed by atoms with Gasteiger partial charge in [0.15, 0.2) is 5.13 Å². The Morgan fingerprint density at radius 1 is 1.00 bits per heavy atom. The quantitative estimate of drug-likeness (QED) is 0.295. The number of imidazole rings is 1. The molecule has 5 aromatic rings. The molecule has 0 aliphatic carbocycles. The highest BCUT2D eigenvalue weighted by Crippen LogP contribution is 2.31. The van der Waals surface area contributed by atoms with E-state index in [1.54, 1.807) is 23.9 Å². The lowest BCUT2D eigenvalue weighted by Gasteiger charge is -2.20. The number of aromatic nitrogens is 3. The van der Waals surface area contributed by atoms with Crippen molar-refractivity contribution >= 4 is 32.6 Å². The average Bonchev–Trinajstić information content (AvgIpc) is 3.52. The molecule has 33 heavy (non-hydrogen) atoms. The summed E-state index contributed by atoms with van der Waals surface area (Å²) < 4.78 is 3.12. The number of amides is 1. The topological polar surface area (TPSA) is 51.0 Å². The summed E-state index contributed by atoms with van der Waals surface area (Å²) >= 11 is 1.57. The second-order valence-corrected chi connectivity index (χ2v) is 9.03. The largest absolute Gasteiger partial charge is 0.337 e. The highest BCUT2D eigenvalue weighted by atomic mass is 32.1. The molecule has 5 nitrogen and oxygen atoms in total. The van der Waals surface area contributed by atoms with Gasteiger partial charge in [-0.2, -0.15) is 0 Å². The number of carbonyl (C=O) groups excluding carboxylic acids is 1. The highest BCUT2D eigenvalue weighted by Gasteiger charge is 2.21. The zero-order valence-corrected chi connectivity index (χ0v) is 19.2. The van der Waals surface area contributed by atoms with Gasteiger partial charge in [-0.15, -0.1) is 0 Å². The van der Waals surface area contributed by atoms with Crippen LogP contribution in [-0.4, -0.2) is 27.0 Å². The summed E-state index contributed by atoms with van der Waals surface area (Å²) in [6.07, 6.45) is 6.32. The number of rotatable bonds is 7. The molecule has 0 radical (unpaired) electrons. The van der Waals surface area contributed by atoms with Gasteiger partial charge < -0.3 is 4.57 Å². The van der Waals surface area contributed by atoms with E-state index in [4.69, 9.17) is 4.98 Å². The fourth-order valence-electron chi connectivity index (χ4n) is 3.84. The molecule has 6 heteroatoms. The van der Waals surface area contributed by atoms with Crippen molar-refractivity contribution in [2.24, 2.45) is 0 Å². The van der Waals surface area contributed by atoms with E-state index in [2.05, 4.69) is 36.2 Å². The van der Waals surface area contributed by atoms with Crippen molar-refractivity contribution in [1.82, 2.24) is 14.5 Å². The van der Waals surface area contributed by atoms with Crippen molar-refractivity contribution in [2.75, 3.05) is 11.4 Å². The summed E-state index contributed by atoms with van der Waals surface area (Å²) in [6, 6.07) is 24.2. The van der Waals surface area contributed by atoms with Crippen molar-refractivity contribution < 1.29 is 4.79 Å². The van der Waals surface area contributed by atoms with E-state index < -0.39 is 0 Å². The minimum Gasteiger partial charge on any atom is -0.337 e. The Kier molecular flexibility index (Phi) is 6.00. The fourth-order valence-corrected chi connectivity index (χ4v) is 4.93. The van der Waals surface area contributed by atoms with Crippen molar-refractivity contribution in [1.29, 1.82) is 0 Å². The minimum absolute atomic E-state index is 0.0315. The van der Waals surface area contributed by atoms with Crippen LogP contribution >= 0.6 is 11.3 Å². The van der Waals surface area contributed by atoms with Crippen LogP contribution in [0.1, 0.15) is 22.3 Å². The van der Waals surface area contributed by atoms with Gasteiger partial charge >= 0.3 is 0 Å². The zero-order chi connectivity index (χ0) is 22.6. The SMILES string of the molecule is Cc1ccc2nc(N(CCCn3ccnc3)C(=O)c3ccc(-c4ccccc4)cc3)sc2c1. The van der Waals surface area contributed by atoms with E-state index in [0.29, 0.717) is 12.1 Å². The summed E-state index contributed by atoms with van der Waals surface area (Å²) in [4.78, 5) is 24.3. The first-order valence-electron chi connectivity index (χ1n) is 11.0. The smallest absolute Gasteiger partial charge is 0.260 e. The van der Waals surface area contributed by atoms with Crippen molar-refractivity contribution in [2.45, 2.75) is 19.9 Å². The normalized spacial score (nSPS) is 11.1. The molecule has 3 aromatic carbocycles. The summed E-state index contributed by atoms with van der Waals surface area (Å²) in [5.74, 6) is -0.0315. The lowest BCUT2D eigenvalue weighted by atomic mass is 10.0. The van der Waals surface area contributed by atoms with Crippen LogP contribution in [0.2, 0.25) is 0 Å². The zero-order valence-electron chi connectivity index (χ0n) is 18.4. The Bertz CT molecular complexity index is 1360. The maximum Gasteiger partial charge on any atom is 0.260 e. The molecule has 0 unspecified atom stereocenters. The molecule has 0 aliphatic heterocycles. The molecule has 0 aliphatic rings. The van der Waals surface area contributed by atoms with E-state index >= 15 is 0 Å². The molecule has 5 rings (SSSR count). The van der Waals surface area contributed by atoms with Gasteiger partial charge in [-0.05, 0) is 54.3 Å². The van der Waals surface area contributed by atoms with E-state index in [1.165, 1.54) is 5.56 Å². The lowest BCUT2D eigenvalue weighted by Crippen LogP contribution is -2.32. The summed E-state index contributed by atoms with van der Waals surface area (Å²) in [7, 11) is 0. The molecule has 0 spiro atoms. The predicted octanol–water partition coefficient (Wildman–Crippen LogP) is 6.21. The van der Waals surface area contributed by atoms with E-state index in [9.17, 15) is 4.79 Å². The molecule has 0 saturated carbocycles. The number of fused-ring (bicyclic) bond motifs is 1. The molecular weight excluding hydrogens is 428 g/mol. The van der Waals surface area contributed by atoms with Crippen LogP contribution < -0.4 is 4.90 Å². The van der Waals surface area contributed by atoms with Gasteiger partial charge in [0.05, 0.1) is 16.5 Å². The van der Waals surface area contributed by atoms with Gasteiger partial charge in [0.25, 0.3) is 5.91 Å². The second kappa shape index (κ2) is 9.38. The van der Waals surface area contributed by atoms with Gasteiger partial charge in [0.1, 0.15) is 0 Å². The maximum atomic E-state index is 13.6. The highest BCUT2D eigenvalue weighted by molar-refractivity contribution is 7.22. The standard InChI is InChI=1S/C27H24N4OS/c1-20-8-13-24-25(18-20)33-27(29-24)31(16-5-15-30-17-14-28-19-30)26(32)23-11-9-22(10-12-23)21-6-3-2-4-7-21/h2-4,6-14,17-19H,5,15-16H2,1H3. The van der Waals surface area contributed by atoms with Crippen molar-refractivity contribution in [3.05, 3.63) is 103 Å². The molecule has 0 atom stereocenters. The van der Waals surface area contributed by atoms with Crippen LogP contribution in [0.4, 0.5) is 5.13 Å². The van der Waals surface area contributed by atoms with Crippen LogP contribution in [0.3, 0.4) is 0 Å². The molecule has 2 heterocycles. The lowest BCUT2D eigenvalue weighted by molar-refractivity contribution is 0.0986. The second-order valence-electron chi connectivity index (χ2n) is 8.02. The summed E-state index contributed by atoms with van der Waals surface area (Å²) in [5.41, 5.74) is 5.00. The van der Waals surface area contributed by atoms with Crippen molar-refractivity contribution in [3.63, 3.8) is 0 Å². The number of aryl methyl sites for hydroxylation is 2. The average molecular weight is 453 g/mol. The van der Waals surface area contributed by atoms with Crippen LogP contribution in [0.15, 0.2) is 91.5 Å². The molecule has 1 amide bonds.